The first-order chi connectivity index (χ1) is 16.4. The number of hydrogen-bond donors (Lipinski definition) is 1. The molecule has 176 valence electrons. The van der Waals surface area contributed by atoms with E-state index in [2.05, 4.69) is 12.2 Å². The molecule has 0 aromatic heterocycles. The minimum absolute atomic E-state index is 0.148. The smallest absolute Gasteiger partial charge is 0.267 e. The van der Waals surface area contributed by atoms with Gasteiger partial charge in [-0.15, -0.1) is 0 Å². The van der Waals surface area contributed by atoms with Gasteiger partial charge in [-0.2, -0.15) is 0 Å². The van der Waals surface area contributed by atoms with E-state index in [1.165, 1.54) is 16.7 Å². The first-order valence-electron chi connectivity index (χ1n) is 11.5. The van der Waals surface area contributed by atoms with Crippen molar-refractivity contribution in [2.24, 2.45) is 0 Å². The van der Waals surface area contributed by atoms with Gasteiger partial charge in [-0.05, 0) is 37.1 Å². The number of rotatable bonds is 8. The Morgan fingerprint density at radius 3 is 2.56 bits per heavy atom. The minimum Gasteiger partial charge on any atom is -0.325 e. The van der Waals surface area contributed by atoms with Crippen LogP contribution in [0.4, 0.5) is 11.4 Å². The van der Waals surface area contributed by atoms with E-state index in [4.69, 9.17) is 12.2 Å². The molecule has 4 rings (SSSR count). The molecule has 1 fully saturated rings. The quantitative estimate of drug-likeness (QED) is 0.314. The highest BCUT2D eigenvalue weighted by atomic mass is 32.2. The summed E-state index contributed by atoms with van der Waals surface area (Å²) < 4.78 is 0.477. The largest absolute Gasteiger partial charge is 0.325 e. The van der Waals surface area contributed by atoms with Gasteiger partial charge in [-0.1, -0.05) is 80.5 Å². The van der Waals surface area contributed by atoms with E-state index in [0.29, 0.717) is 38.3 Å². The summed E-state index contributed by atoms with van der Waals surface area (Å²) in [6.07, 6.45) is 4.13. The van der Waals surface area contributed by atoms with Gasteiger partial charge in [-0.25, -0.2) is 0 Å². The van der Waals surface area contributed by atoms with Crippen LogP contribution in [0.5, 0.6) is 0 Å². The fourth-order valence-corrected chi connectivity index (χ4v) is 5.54. The number of nitrogens with one attached hydrogen (secondary N) is 1. The second-order valence-corrected chi connectivity index (χ2v) is 10.1. The number of thiocarbonyl (C=S) groups is 1. The zero-order chi connectivity index (χ0) is 24.2. The number of thioether (sulfide) groups is 1. The van der Waals surface area contributed by atoms with E-state index in [1.54, 1.807) is 11.0 Å². The number of fused-ring (bicyclic) bond motifs is 1. The van der Waals surface area contributed by atoms with Gasteiger partial charge < -0.3 is 5.32 Å². The highest BCUT2D eigenvalue weighted by Crippen LogP contribution is 2.44. The zero-order valence-electron chi connectivity index (χ0n) is 19.3. The summed E-state index contributed by atoms with van der Waals surface area (Å²) in [5, 5.41) is 2.85. The Morgan fingerprint density at radius 1 is 1.00 bits per heavy atom. The van der Waals surface area contributed by atoms with Crippen LogP contribution >= 0.6 is 24.0 Å². The lowest BCUT2D eigenvalue weighted by atomic mass is 10.1. The van der Waals surface area contributed by atoms with Gasteiger partial charge in [0.15, 0.2) is 0 Å². The molecule has 0 atom stereocenters. The number of benzene rings is 2. The lowest BCUT2D eigenvalue weighted by Gasteiger charge is -2.17. The highest BCUT2D eigenvalue weighted by Gasteiger charge is 2.42. The molecular formula is C26H27N3O3S2. The Bertz CT molecular complexity index is 1190. The number of nitrogens with zero attached hydrogens (tertiary/aromatic N) is 2. The maximum atomic E-state index is 13.5. The predicted octanol–water partition coefficient (Wildman–Crippen LogP) is 5.13. The third kappa shape index (κ3) is 4.93. The maximum absolute atomic E-state index is 13.5. The lowest BCUT2D eigenvalue weighted by Crippen LogP contribution is -2.35. The molecule has 0 unspecified atom stereocenters. The summed E-state index contributed by atoms with van der Waals surface area (Å²) in [7, 11) is 0. The topological polar surface area (TPSA) is 69.7 Å². The average molecular weight is 494 g/mol. The molecule has 2 aliphatic rings. The number of anilines is 2. The molecule has 2 aliphatic heterocycles. The molecule has 3 amide bonds. The second-order valence-electron chi connectivity index (χ2n) is 8.42. The summed E-state index contributed by atoms with van der Waals surface area (Å²) in [5.41, 5.74) is 3.30. The van der Waals surface area contributed by atoms with Crippen molar-refractivity contribution in [3.8, 4) is 0 Å². The van der Waals surface area contributed by atoms with E-state index >= 15 is 0 Å². The Labute approximate surface area is 209 Å². The van der Waals surface area contributed by atoms with Crippen molar-refractivity contribution in [1.82, 2.24) is 4.90 Å². The summed E-state index contributed by atoms with van der Waals surface area (Å²) in [6, 6.07) is 14.7. The van der Waals surface area contributed by atoms with Crippen LogP contribution < -0.4 is 10.2 Å². The van der Waals surface area contributed by atoms with Crippen molar-refractivity contribution in [3.05, 3.63) is 64.6 Å². The zero-order valence-corrected chi connectivity index (χ0v) is 20.9. The standard InChI is InChI=1S/C26H27N3O3S2/c1-3-4-5-8-14-28-25(32)23(34-26(28)33)22-19-12-6-7-13-20(19)29(24(22)31)16-21(30)27-18-11-9-10-17(2)15-18/h6-7,9-13,15H,3-5,8,14,16H2,1-2H3,(H,27,30)/b23-22-. The Morgan fingerprint density at radius 2 is 1.79 bits per heavy atom. The monoisotopic (exact) mass is 493 g/mol. The molecule has 0 aliphatic carbocycles. The number of carbonyl (C=O) groups excluding carboxylic acids is 3. The fraction of sp³-hybridized carbons (Fsp3) is 0.308. The van der Waals surface area contributed by atoms with Crippen molar-refractivity contribution >= 4 is 63.0 Å². The molecule has 2 heterocycles. The molecule has 0 bridgehead atoms. The van der Waals surface area contributed by atoms with Crippen molar-refractivity contribution in [2.45, 2.75) is 39.5 Å². The molecule has 0 radical (unpaired) electrons. The molecule has 6 nitrogen and oxygen atoms in total. The molecule has 8 heteroatoms. The van der Waals surface area contributed by atoms with Gasteiger partial charge in [0.1, 0.15) is 10.9 Å². The highest BCUT2D eigenvalue weighted by molar-refractivity contribution is 8.26. The Kier molecular flexibility index (Phi) is 7.48. The predicted molar refractivity (Wildman–Crippen MR) is 142 cm³/mol. The summed E-state index contributed by atoms with van der Waals surface area (Å²) >= 11 is 6.65. The number of carbonyl (C=O) groups is 3. The van der Waals surface area contributed by atoms with Crippen LogP contribution in [-0.4, -0.2) is 40.0 Å². The van der Waals surface area contributed by atoms with E-state index in [1.807, 2.05) is 49.4 Å². The summed E-state index contributed by atoms with van der Waals surface area (Å²) in [4.78, 5) is 42.9. The SMILES string of the molecule is CCCCCCN1C(=O)/C(=C2/C(=O)N(CC(=O)Nc3cccc(C)c3)c3ccccc32)SC1=S. The normalized spacial score (nSPS) is 17.5. The molecule has 0 saturated carbocycles. The average Bonchev–Trinajstić information content (AvgIpc) is 3.24. The van der Waals surface area contributed by atoms with Gasteiger partial charge in [-0.3, -0.25) is 24.2 Å². The first kappa shape index (κ1) is 24.2. The number of para-hydroxylation sites is 1. The Hall–Kier alpha value is -2.97. The third-order valence-electron chi connectivity index (χ3n) is 5.84. The van der Waals surface area contributed by atoms with Crippen LogP contribution in [-0.2, 0) is 14.4 Å². The number of unbranched alkanes of at least 4 members (excludes halogenated alkanes) is 3. The van der Waals surface area contributed by atoms with E-state index in [9.17, 15) is 14.4 Å². The van der Waals surface area contributed by atoms with Crippen LogP contribution in [0.3, 0.4) is 0 Å². The van der Waals surface area contributed by atoms with Crippen LogP contribution in [0.2, 0.25) is 0 Å². The number of hydrogen-bond acceptors (Lipinski definition) is 5. The Balaban J connectivity index is 1.57. The van der Waals surface area contributed by atoms with Gasteiger partial charge >= 0.3 is 0 Å². The van der Waals surface area contributed by atoms with Crippen LogP contribution in [0.15, 0.2) is 53.4 Å². The summed E-state index contributed by atoms with van der Waals surface area (Å²) in [6.45, 7) is 4.49. The third-order valence-corrected chi connectivity index (χ3v) is 7.29. The van der Waals surface area contributed by atoms with Crippen LogP contribution in [0.1, 0.15) is 43.7 Å². The molecule has 1 N–H and O–H groups in total. The lowest BCUT2D eigenvalue weighted by molar-refractivity contribution is -0.122. The first-order valence-corrected chi connectivity index (χ1v) is 12.7. The van der Waals surface area contributed by atoms with Crippen molar-refractivity contribution in [1.29, 1.82) is 0 Å². The molecule has 1 saturated heterocycles. The molecule has 2 aromatic rings. The van der Waals surface area contributed by atoms with Gasteiger partial charge in [0.2, 0.25) is 5.91 Å². The molecular weight excluding hydrogens is 466 g/mol. The van der Waals surface area contributed by atoms with Crippen molar-refractivity contribution < 1.29 is 14.4 Å². The van der Waals surface area contributed by atoms with Gasteiger partial charge in [0.25, 0.3) is 11.8 Å². The maximum Gasteiger partial charge on any atom is 0.267 e. The minimum atomic E-state index is -0.355. The van der Waals surface area contributed by atoms with E-state index in [-0.39, 0.29) is 24.3 Å². The van der Waals surface area contributed by atoms with Crippen LogP contribution in [0.25, 0.3) is 5.57 Å². The van der Waals surface area contributed by atoms with E-state index in [0.717, 1.165) is 31.2 Å². The molecule has 0 spiro atoms. The van der Waals surface area contributed by atoms with Crippen molar-refractivity contribution in [2.75, 3.05) is 23.3 Å². The molecule has 34 heavy (non-hydrogen) atoms. The fourth-order valence-electron chi connectivity index (χ4n) is 4.16. The number of aryl methyl sites for hydroxylation is 1. The van der Waals surface area contributed by atoms with Gasteiger partial charge in [0, 0.05) is 17.8 Å². The van der Waals surface area contributed by atoms with E-state index < -0.39 is 0 Å². The second kappa shape index (κ2) is 10.5. The van der Waals surface area contributed by atoms with Crippen LogP contribution in [0, 0.1) is 6.92 Å². The molecule has 2 aromatic carbocycles. The summed E-state index contributed by atoms with van der Waals surface area (Å²) in [5.74, 6) is -0.888. The van der Waals surface area contributed by atoms with Crippen molar-refractivity contribution in [3.63, 3.8) is 0 Å². The number of amides is 3. The van der Waals surface area contributed by atoms with Gasteiger partial charge in [0.05, 0.1) is 16.2 Å².